The topological polar surface area (TPSA) is 247 Å². The summed E-state index contributed by atoms with van der Waals surface area (Å²) < 4.78 is 0. The Kier molecular flexibility index (Phi) is 10.1. The van der Waals surface area contributed by atoms with Crippen molar-refractivity contribution < 1.29 is 39.0 Å². The molecule has 4 amide bonds. The first-order valence-corrected chi connectivity index (χ1v) is 11.3. The lowest BCUT2D eigenvalue weighted by Gasteiger charge is -2.24. The average Bonchev–Trinajstić information content (AvgIpc) is 3.22. The number of aromatic nitrogens is 1. The largest absolute Gasteiger partial charge is 0.481 e. The Balaban J connectivity index is 2.26. The Labute approximate surface area is 211 Å². The van der Waals surface area contributed by atoms with Gasteiger partial charge in [0.15, 0.2) is 0 Å². The van der Waals surface area contributed by atoms with Gasteiger partial charge in [-0.1, -0.05) is 18.2 Å². The molecule has 0 radical (unpaired) electrons. The average molecular weight is 519 g/mol. The number of hydrogen-bond acceptors (Lipinski definition) is 7. The van der Waals surface area contributed by atoms with E-state index in [-0.39, 0.29) is 19.3 Å². The summed E-state index contributed by atoms with van der Waals surface area (Å²) in [5.74, 6) is -6.35. The second-order valence-electron chi connectivity index (χ2n) is 8.48. The summed E-state index contributed by atoms with van der Waals surface area (Å²) in [6.07, 6.45) is 0.0778. The zero-order valence-electron chi connectivity index (χ0n) is 20.0. The van der Waals surface area contributed by atoms with Gasteiger partial charge in [-0.3, -0.25) is 24.0 Å². The highest BCUT2D eigenvalue weighted by atomic mass is 16.4. The molecule has 4 unspecified atom stereocenters. The van der Waals surface area contributed by atoms with Crippen molar-refractivity contribution in [3.05, 3.63) is 36.0 Å². The molecule has 0 aliphatic carbocycles. The lowest BCUT2D eigenvalue weighted by molar-refractivity contribution is -0.143. The summed E-state index contributed by atoms with van der Waals surface area (Å²) in [6, 6.07) is 1.80. The van der Waals surface area contributed by atoms with Crippen LogP contribution in [-0.2, 0) is 35.2 Å². The number of aliphatic carboxylic acids is 2. The lowest BCUT2D eigenvalue weighted by Crippen LogP contribution is -2.57. The molecule has 2 rings (SSSR count). The minimum atomic E-state index is -1.68. The van der Waals surface area contributed by atoms with Crippen molar-refractivity contribution in [3.8, 4) is 0 Å². The van der Waals surface area contributed by atoms with Crippen LogP contribution >= 0.6 is 0 Å². The lowest BCUT2D eigenvalue weighted by atomic mass is 10.0. The molecular weight excluding hydrogens is 488 g/mol. The summed E-state index contributed by atoms with van der Waals surface area (Å²) >= 11 is 0. The fourth-order valence-electron chi connectivity index (χ4n) is 3.51. The first kappa shape index (κ1) is 28.8. The number of carboxylic acids is 2. The van der Waals surface area contributed by atoms with Crippen molar-refractivity contribution in [2.45, 2.75) is 56.8 Å². The van der Waals surface area contributed by atoms with Gasteiger partial charge in [-0.05, 0) is 25.0 Å². The highest BCUT2D eigenvalue weighted by molar-refractivity contribution is 5.96. The molecule has 37 heavy (non-hydrogen) atoms. The Morgan fingerprint density at radius 2 is 1.51 bits per heavy atom. The first-order chi connectivity index (χ1) is 17.4. The third kappa shape index (κ3) is 8.61. The number of carbonyl (C=O) groups is 6. The second kappa shape index (κ2) is 13.0. The predicted octanol–water partition coefficient (Wildman–Crippen LogP) is -1.66. The van der Waals surface area contributed by atoms with Crippen molar-refractivity contribution >= 4 is 46.5 Å². The smallest absolute Gasteiger partial charge is 0.326 e. The maximum Gasteiger partial charge on any atom is 0.326 e. The summed E-state index contributed by atoms with van der Waals surface area (Å²) in [4.78, 5) is 75.1. The normalized spacial score (nSPS) is 14.1. The molecule has 1 heterocycles. The molecule has 14 nitrogen and oxygen atoms in total. The number of H-pyrrole nitrogens is 1. The number of carboxylic acid groups (broad SMARTS) is 2. The van der Waals surface area contributed by atoms with Crippen LogP contribution in [-0.4, -0.2) is 74.9 Å². The van der Waals surface area contributed by atoms with Crippen LogP contribution in [0.5, 0.6) is 0 Å². The van der Waals surface area contributed by atoms with E-state index in [0.29, 0.717) is 5.56 Å². The summed E-state index contributed by atoms with van der Waals surface area (Å²) in [7, 11) is 0. The van der Waals surface area contributed by atoms with Crippen LogP contribution in [0.15, 0.2) is 30.5 Å². The van der Waals surface area contributed by atoms with Gasteiger partial charge >= 0.3 is 11.9 Å². The predicted molar refractivity (Wildman–Crippen MR) is 130 cm³/mol. The fourth-order valence-corrected chi connectivity index (χ4v) is 3.51. The molecule has 4 atom stereocenters. The molecule has 0 saturated carbocycles. The van der Waals surface area contributed by atoms with E-state index in [1.807, 2.05) is 18.2 Å². The minimum absolute atomic E-state index is 0.0217. The van der Waals surface area contributed by atoms with Gasteiger partial charge in [-0.2, -0.15) is 0 Å². The Hall–Kier alpha value is -4.46. The second-order valence-corrected chi connectivity index (χ2v) is 8.48. The van der Waals surface area contributed by atoms with Crippen LogP contribution in [0.4, 0.5) is 0 Å². The van der Waals surface area contributed by atoms with E-state index in [4.69, 9.17) is 11.5 Å². The van der Waals surface area contributed by atoms with Gasteiger partial charge in [-0.15, -0.1) is 0 Å². The van der Waals surface area contributed by atoms with E-state index >= 15 is 0 Å². The number of nitrogens with one attached hydrogen (secondary N) is 4. The van der Waals surface area contributed by atoms with E-state index in [0.717, 1.165) is 10.9 Å². The molecule has 10 N–H and O–H groups in total. The van der Waals surface area contributed by atoms with Gasteiger partial charge in [0, 0.05) is 29.9 Å². The number of nitrogens with two attached hydrogens (primary N) is 2. The van der Waals surface area contributed by atoms with Crippen LogP contribution in [0.1, 0.15) is 31.7 Å². The highest BCUT2D eigenvalue weighted by Crippen LogP contribution is 2.19. The van der Waals surface area contributed by atoms with Gasteiger partial charge in [-0.25, -0.2) is 4.79 Å². The quantitative estimate of drug-likeness (QED) is 0.142. The van der Waals surface area contributed by atoms with Crippen LogP contribution in [0, 0.1) is 0 Å². The van der Waals surface area contributed by atoms with Gasteiger partial charge < -0.3 is 42.6 Å². The molecule has 0 saturated heterocycles. The summed E-state index contributed by atoms with van der Waals surface area (Å²) in [5, 5.41) is 26.2. The molecule has 0 fully saturated rings. The number of para-hydroxylation sites is 1. The Bertz CT molecular complexity index is 1180. The first-order valence-electron chi connectivity index (χ1n) is 11.3. The number of carbonyl (C=O) groups excluding carboxylic acids is 4. The number of fused-ring (bicyclic) bond motifs is 1. The van der Waals surface area contributed by atoms with Crippen LogP contribution < -0.4 is 27.4 Å². The molecule has 1 aromatic carbocycles. The molecule has 0 aliphatic rings. The number of amides is 4. The Morgan fingerprint density at radius 3 is 2.11 bits per heavy atom. The number of primary amides is 1. The van der Waals surface area contributed by atoms with Crippen molar-refractivity contribution in [1.29, 1.82) is 0 Å². The van der Waals surface area contributed by atoms with Crippen LogP contribution in [0.2, 0.25) is 0 Å². The van der Waals surface area contributed by atoms with Crippen molar-refractivity contribution in [3.63, 3.8) is 0 Å². The minimum Gasteiger partial charge on any atom is -0.481 e. The van der Waals surface area contributed by atoms with Crippen molar-refractivity contribution in [2.24, 2.45) is 11.5 Å². The van der Waals surface area contributed by atoms with Gasteiger partial charge in [0.05, 0.1) is 12.5 Å². The molecule has 0 spiro atoms. The number of rotatable bonds is 14. The maximum absolute atomic E-state index is 13.2. The number of hydrogen-bond donors (Lipinski definition) is 8. The third-order valence-corrected chi connectivity index (χ3v) is 5.45. The van der Waals surface area contributed by atoms with Crippen LogP contribution in [0.3, 0.4) is 0 Å². The fraction of sp³-hybridized carbons (Fsp3) is 0.391. The van der Waals surface area contributed by atoms with E-state index < -0.39 is 66.2 Å². The number of benzene rings is 1. The van der Waals surface area contributed by atoms with Gasteiger partial charge in [0.2, 0.25) is 23.6 Å². The third-order valence-electron chi connectivity index (χ3n) is 5.45. The van der Waals surface area contributed by atoms with Gasteiger partial charge in [0.1, 0.15) is 18.1 Å². The van der Waals surface area contributed by atoms with E-state index in [1.54, 1.807) is 12.3 Å². The van der Waals surface area contributed by atoms with Crippen molar-refractivity contribution in [2.75, 3.05) is 0 Å². The summed E-state index contributed by atoms with van der Waals surface area (Å²) in [6.45, 7) is 1.41. The monoisotopic (exact) mass is 518 g/mol. The van der Waals surface area contributed by atoms with E-state index in [9.17, 15) is 39.0 Å². The standard InChI is InChI=1S/C23H30N6O8/c1-11(24)20(33)28-16(8-12-10-26-14-5-3-2-4-13(12)14)21(34)29-17(9-19(31)32)22(35)27-15(23(36)37)6-7-18(25)30/h2-5,10-11,15-17,26H,6-9,24H2,1H3,(H2,25,30)(H,27,35)(H,28,33)(H,29,34)(H,31,32)(H,36,37). The zero-order chi connectivity index (χ0) is 27.7. The maximum atomic E-state index is 13.2. The van der Waals surface area contributed by atoms with Gasteiger partial charge in [0.25, 0.3) is 0 Å². The molecule has 200 valence electrons. The molecular formula is C23H30N6O8. The summed E-state index contributed by atoms with van der Waals surface area (Å²) in [5.41, 5.74) is 12.1. The molecule has 14 heteroatoms. The van der Waals surface area contributed by atoms with E-state index in [2.05, 4.69) is 20.9 Å². The van der Waals surface area contributed by atoms with Crippen LogP contribution in [0.25, 0.3) is 10.9 Å². The molecule has 0 aliphatic heterocycles. The van der Waals surface area contributed by atoms with Crippen molar-refractivity contribution in [1.82, 2.24) is 20.9 Å². The number of aromatic amines is 1. The van der Waals surface area contributed by atoms with E-state index in [1.165, 1.54) is 6.92 Å². The zero-order valence-corrected chi connectivity index (χ0v) is 20.0. The molecule has 0 bridgehead atoms. The Morgan fingerprint density at radius 1 is 0.919 bits per heavy atom. The highest BCUT2D eigenvalue weighted by Gasteiger charge is 2.32. The SMILES string of the molecule is CC(N)C(=O)NC(Cc1c[nH]c2ccccc12)C(=O)NC(CC(=O)O)C(=O)NC(CCC(N)=O)C(=O)O. The molecule has 1 aromatic heterocycles. The molecule has 2 aromatic rings.